The van der Waals surface area contributed by atoms with Crippen LogP contribution in [0, 0.1) is 5.92 Å². The summed E-state index contributed by atoms with van der Waals surface area (Å²) in [5, 5.41) is 0.503. The van der Waals surface area contributed by atoms with Gasteiger partial charge in [0.1, 0.15) is 6.61 Å². The van der Waals surface area contributed by atoms with Gasteiger partial charge < -0.3 is 14.5 Å². The summed E-state index contributed by atoms with van der Waals surface area (Å²) in [4.78, 5) is 17.0. The van der Waals surface area contributed by atoms with Crippen molar-refractivity contribution in [3.8, 4) is 0 Å². The molecule has 3 fully saturated rings. The SMILES string of the molecule is CN1CCC(N(C)C(=O)OC[C@H]2CCC[C@@H](C3CC3)N2S(=O)(=O)c2ccc(Cl)cc2)CC1. The number of hydrogen-bond acceptors (Lipinski definition) is 5. The van der Waals surface area contributed by atoms with Gasteiger partial charge in [0.2, 0.25) is 10.0 Å². The summed E-state index contributed by atoms with van der Waals surface area (Å²) < 4.78 is 34.6. The zero-order valence-corrected chi connectivity index (χ0v) is 20.5. The normalized spacial score (nSPS) is 26.1. The lowest BCUT2D eigenvalue weighted by Gasteiger charge is -2.41. The molecule has 1 aliphatic carbocycles. The average Bonchev–Trinajstić information content (AvgIpc) is 3.63. The van der Waals surface area contributed by atoms with E-state index in [1.54, 1.807) is 40.5 Å². The Bertz CT molecular complexity index is 898. The minimum Gasteiger partial charge on any atom is -0.448 e. The monoisotopic (exact) mass is 483 g/mol. The number of nitrogens with zero attached hydrogens (tertiary/aromatic N) is 3. The molecule has 1 amide bonds. The Balaban J connectivity index is 1.47. The number of likely N-dealkylation sites (tertiary alicyclic amines) is 1. The molecular formula is C23H34ClN3O4S. The van der Waals surface area contributed by atoms with Crippen LogP contribution in [0.2, 0.25) is 5.02 Å². The molecule has 2 atom stereocenters. The highest BCUT2D eigenvalue weighted by atomic mass is 35.5. The number of halogens is 1. The number of carbonyl (C=O) groups is 1. The van der Waals surface area contributed by atoms with Gasteiger partial charge >= 0.3 is 6.09 Å². The third-order valence-electron chi connectivity index (χ3n) is 7.20. The molecule has 1 aromatic carbocycles. The first kappa shape index (κ1) is 23.8. The van der Waals surface area contributed by atoms with Crippen molar-refractivity contribution in [2.75, 3.05) is 33.8 Å². The summed E-state index contributed by atoms with van der Waals surface area (Å²) in [5.41, 5.74) is 0. The third kappa shape index (κ3) is 5.24. The maximum Gasteiger partial charge on any atom is 0.409 e. The van der Waals surface area contributed by atoms with Gasteiger partial charge in [0.25, 0.3) is 0 Å². The van der Waals surface area contributed by atoms with Gasteiger partial charge in [0.15, 0.2) is 0 Å². The molecule has 32 heavy (non-hydrogen) atoms. The molecule has 2 aliphatic heterocycles. The highest BCUT2D eigenvalue weighted by Gasteiger charge is 2.46. The van der Waals surface area contributed by atoms with E-state index in [0.29, 0.717) is 17.4 Å². The fourth-order valence-corrected chi connectivity index (χ4v) is 7.11. The van der Waals surface area contributed by atoms with Crippen molar-refractivity contribution in [2.24, 2.45) is 5.92 Å². The third-order valence-corrected chi connectivity index (χ3v) is 9.45. The molecule has 0 bridgehead atoms. The van der Waals surface area contributed by atoms with Gasteiger partial charge in [0, 0.05) is 24.2 Å². The first-order valence-electron chi connectivity index (χ1n) is 11.6. The molecule has 2 saturated heterocycles. The maximum atomic E-state index is 13.6. The Hall–Kier alpha value is -1.35. The molecule has 0 spiro atoms. The lowest BCUT2D eigenvalue weighted by atomic mass is 9.96. The Morgan fingerprint density at radius 1 is 1.09 bits per heavy atom. The highest BCUT2D eigenvalue weighted by Crippen LogP contribution is 2.43. The van der Waals surface area contributed by atoms with Crippen molar-refractivity contribution in [1.29, 1.82) is 0 Å². The summed E-state index contributed by atoms with van der Waals surface area (Å²) in [6.45, 7) is 2.01. The van der Waals surface area contributed by atoms with Crippen molar-refractivity contribution in [3.05, 3.63) is 29.3 Å². The smallest absolute Gasteiger partial charge is 0.409 e. The topological polar surface area (TPSA) is 70.2 Å². The number of rotatable bonds is 6. The van der Waals surface area contributed by atoms with Gasteiger partial charge in [-0.25, -0.2) is 13.2 Å². The molecule has 0 N–H and O–H groups in total. The number of ether oxygens (including phenoxy) is 1. The lowest BCUT2D eigenvalue weighted by Crippen LogP contribution is -2.53. The molecule has 1 aromatic rings. The first-order chi connectivity index (χ1) is 15.3. The van der Waals surface area contributed by atoms with E-state index in [1.807, 2.05) is 0 Å². The second-order valence-electron chi connectivity index (χ2n) is 9.50. The van der Waals surface area contributed by atoms with E-state index in [4.69, 9.17) is 16.3 Å². The van der Waals surface area contributed by atoms with Crippen LogP contribution >= 0.6 is 11.6 Å². The maximum absolute atomic E-state index is 13.6. The fourth-order valence-electron chi connectivity index (χ4n) is 5.07. The van der Waals surface area contributed by atoms with E-state index in [9.17, 15) is 13.2 Å². The molecule has 4 rings (SSSR count). The molecule has 0 unspecified atom stereocenters. The van der Waals surface area contributed by atoms with Crippen LogP contribution in [-0.2, 0) is 14.8 Å². The minimum atomic E-state index is -3.71. The molecule has 7 nitrogen and oxygen atoms in total. The zero-order valence-electron chi connectivity index (χ0n) is 19.0. The van der Waals surface area contributed by atoms with Crippen molar-refractivity contribution >= 4 is 27.7 Å². The predicted octanol–water partition coefficient (Wildman–Crippen LogP) is 3.82. The quantitative estimate of drug-likeness (QED) is 0.615. The number of benzene rings is 1. The van der Waals surface area contributed by atoms with E-state index in [-0.39, 0.29) is 35.7 Å². The summed E-state index contributed by atoms with van der Waals surface area (Å²) in [6, 6.07) is 6.13. The van der Waals surface area contributed by atoms with E-state index in [2.05, 4.69) is 11.9 Å². The fraction of sp³-hybridized carbons (Fsp3) is 0.696. The second-order valence-corrected chi connectivity index (χ2v) is 11.8. The Kier molecular flexibility index (Phi) is 7.34. The first-order valence-corrected chi connectivity index (χ1v) is 13.5. The van der Waals surface area contributed by atoms with Crippen molar-refractivity contribution in [3.63, 3.8) is 0 Å². The van der Waals surface area contributed by atoms with Gasteiger partial charge in [-0.15, -0.1) is 0 Å². The molecule has 3 aliphatic rings. The van der Waals surface area contributed by atoms with Crippen molar-refractivity contribution < 1.29 is 17.9 Å². The molecule has 0 radical (unpaired) electrons. The van der Waals surface area contributed by atoms with Crippen LogP contribution in [0.5, 0.6) is 0 Å². The van der Waals surface area contributed by atoms with Crippen LogP contribution in [0.4, 0.5) is 4.79 Å². The van der Waals surface area contributed by atoms with Crippen molar-refractivity contribution in [2.45, 2.75) is 68.0 Å². The van der Waals surface area contributed by atoms with E-state index >= 15 is 0 Å². The number of amides is 1. The summed E-state index contributed by atoms with van der Waals surface area (Å²) in [6.07, 6.45) is 6.10. The summed E-state index contributed by atoms with van der Waals surface area (Å²) >= 11 is 5.98. The minimum absolute atomic E-state index is 0.0280. The van der Waals surface area contributed by atoms with Crippen LogP contribution in [0.3, 0.4) is 0 Å². The molecule has 9 heteroatoms. The summed E-state index contributed by atoms with van der Waals surface area (Å²) in [5.74, 6) is 0.400. The largest absolute Gasteiger partial charge is 0.448 e. The summed E-state index contributed by atoms with van der Waals surface area (Å²) in [7, 11) is 0.160. The van der Waals surface area contributed by atoms with Crippen molar-refractivity contribution in [1.82, 2.24) is 14.1 Å². The van der Waals surface area contributed by atoms with Gasteiger partial charge in [-0.05, 0) is 88.8 Å². The predicted molar refractivity (Wildman–Crippen MR) is 124 cm³/mol. The van der Waals surface area contributed by atoms with Crippen LogP contribution in [0.15, 0.2) is 29.2 Å². The Labute approximate surface area is 196 Å². The van der Waals surface area contributed by atoms with Gasteiger partial charge in [0.05, 0.1) is 10.9 Å². The van der Waals surface area contributed by atoms with Gasteiger partial charge in [-0.3, -0.25) is 0 Å². The molecule has 178 valence electrons. The average molecular weight is 484 g/mol. The number of sulfonamides is 1. The Morgan fingerprint density at radius 2 is 1.75 bits per heavy atom. The van der Waals surface area contributed by atoms with Crippen LogP contribution in [0.1, 0.15) is 44.9 Å². The molecular weight excluding hydrogens is 450 g/mol. The standard InChI is InChI=1S/C23H34ClN3O4S/c1-25-14-12-19(13-15-25)26(2)23(28)31-16-20-4-3-5-22(17-6-7-17)27(20)32(29,30)21-10-8-18(24)9-11-21/h8-11,17,19-20,22H,3-7,12-16H2,1-2H3/t20-,22+/m1/s1. The zero-order chi connectivity index (χ0) is 22.9. The second kappa shape index (κ2) is 9.87. The van der Waals surface area contributed by atoms with E-state index in [1.165, 1.54) is 0 Å². The molecule has 2 heterocycles. The Morgan fingerprint density at radius 3 is 2.38 bits per heavy atom. The number of carbonyl (C=O) groups excluding carboxylic acids is 1. The van der Waals surface area contributed by atoms with Crippen LogP contribution in [-0.4, -0.2) is 80.5 Å². The van der Waals surface area contributed by atoms with E-state index in [0.717, 1.165) is 51.6 Å². The molecule has 0 aromatic heterocycles. The number of piperidine rings is 2. The van der Waals surface area contributed by atoms with Crippen LogP contribution < -0.4 is 0 Å². The van der Waals surface area contributed by atoms with Gasteiger partial charge in [-0.1, -0.05) is 18.0 Å². The highest BCUT2D eigenvalue weighted by molar-refractivity contribution is 7.89. The molecule has 1 saturated carbocycles. The number of hydrogen-bond donors (Lipinski definition) is 0. The van der Waals surface area contributed by atoms with Crippen LogP contribution in [0.25, 0.3) is 0 Å². The lowest BCUT2D eigenvalue weighted by molar-refractivity contribution is 0.0487. The van der Waals surface area contributed by atoms with Gasteiger partial charge in [-0.2, -0.15) is 4.31 Å². The van der Waals surface area contributed by atoms with E-state index < -0.39 is 10.0 Å².